The zero-order chi connectivity index (χ0) is 78.6. The zero-order valence-electron chi connectivity index (χ0n) is 60.4. The van der Waals surface area contributed by atoms with Crippen molar-refractivity contribution in [2.24, 2.45) is 5.41 Å². The van der Waals surface area contributed by atoms with Gasteiger partial charge in [-0.3, -0.25) is 46.0 Å². The third-order valence-corrected chi connectivity index (χ3v) is 26.0. The van der Waals surface area contributed by atoms with Gasteiger partial charge in [0.1, 0.15) is 120 Å². The fourth-order valence-corrected chi connectivity index (χ4v) is 18.4. The van der Waals surface area contributed by atoms with Crippen molar-refractivity contribution in [2.45, 2.75) is 177 Å². The quantitative estimate of drug-likeness (QED) is 0.0233. The standard InChI is InChI=1S/C57H111N3O38P4S4/c1-39(64)58-45-51(70)48(67)42(32-61)96-54(45)86-22-8-11-25-90-100(75,104-79-5)93-29-15-19-83-36-57(35-82-18-14-28-89-99(73,74)103-78-4,37-84-20-16-30-94-101(76,105-80-6)91-26-12-9-23-87-55-46(59-40(2)65)52(71)49(68)43(33-62)97-55)38-85-21-17-31-95-102(77,106-81-7)92-27-13-10-24-88-56-47(60-41(3)66)53(72)50(69)44(34-63)98-56/h42-56,61-63,67-72H,8-38H2,1-7H3,(H,58,64)(H,59,65)(H,60,66)(H,73,74). The first-order chi connectivity index (χ1) is 50.5. The van der Waals surface area contributed by atoms with E-state index in [-0.39, 0.29) is 176 Å². The molecule has 3 saturated heterocycles. The number of hydrogen-bond acceptors (Lipinski definition) is 41. The van der Waals surface area contributed by atoms with Gasteiger partial charge in [-0.25, -0.2) is 18.3 Å². The molecule has 3 amide bonds. The third-order valence-electron chi connectivity index (χ3n) is 15.0. The van der Waals surface area contributed by atoms with Crippen LogP contribution < -0.4 is 16.0 Å². The molecule has 41 nitrogen and oxygen atoms in total. The lowest BCUT2D eigenvalue weighted by atomic mass is 9.92. The van der Waals surface area contributed by atoms with Gasteiger partial charge >= 0.3 is 27.2 Å². The van der Waals surface area contributed by atoms with Crippen molar-refractivity contribution in [3.05, 3.63) is 0 Å². The van der Waals surface area contributed by atoms with Crippen LogP contribution in [0.5, 0.6) is 0 Å². The van der Waals surface area contributed by atoms with Gasteiger partial charge in [0.15, 0.2) is 18.9 Å². The Morgan fingerprint density at radius 1 is 0.358 bits per heavy atom. The summed E-state index contributed by atoms with van der Waals surface area (Å²) in [5.41, 5.74) is -1.14. The van der Waals surface area contributed by atoms with Gasteiger partial charge in [-0.2, -0.15) is 0 Å². The molecule has 0 aromatic heterocycles. The van der Waals surface area contributed by atoms with Crippen LogP contribution in [0.2, 0.25) is 0 Å². The van der Waals surface area contributed by atoms with Crippen molar-refractivity contribution in [1.82, 2.24) is 16.0 Å². The second-order valence-corrected chi connectivity index (χ2v) is 38.3. The minimum atomic E-state index is -4.13. The topological polar surface area (TPSA) is 552 Å². The SMILES string of the molecule is COSP(=O)(O)OCCCOCC(COCCCOP(=O)(OCCCCOC1OC(CO)C(O)C(O)C1NC(C)=O)SOC)(COCCCOP(=O)(OCCCCOC1OC(CO)C(O)C(O)C1NC(C)=O)SOC)COCCCOP(=O)(OCCCCOC1OC(CO)C(O)C(O)C1NC(C)=O)SOC. The van der Waals surface area contributed by atoms with E-state index in [1.54, 1.807) is 0 Å². The molecule has 49 heteroatoms. The molecule has 13 N–H and O–H groups in total. The molecule has 3 heterocycles. The molecule has 3 rings (SSSR count). The van der Waals surface area contributed by atoms with Crippen molar-refractivity contribution in [3.63, 3.8) is 0 Å². The maximum Gasteiger partial charge on any atom is 0.415 e. The highest BCUT2D eigenvalue weighted by molar-refractivity contribution is 8.53. The van der Waals surface area contributed by atoms with Crippen LogP contribution in [-0.4, -0.2) is 328 Å². The molecule has 0 aromatic rings. The van der Waals surface area contributed by atoms with Crippen molar-refractivity contribution >= 4 is 91.6 Å². The minimum Gasteiger partial charge on any atom is -0.394 e. The Bertz CT molecular complexity index is 2370. The van der Waals surface area contributed by atoms with Crippen LogP contribution in [0.15, 0.2) is 0 Å². The minimum absolute atomic E-state index is 0.00211. The summed E-state index contributed by atoms with van der Waals surface area (Å²) >= 11 is 1.72. The molecular formula is C57H111N3O38P4S4. The number of amides is 3. The van der Waals surface area contributed by atoms with Crippen LogP contribution in [0.3, 0.4) is 0 Å². The molecule has 3 aliphatic rings. The molecule has 3 fully saturated rings. The van der Waals surface area contributed by atoms with E-state index in [4.69, 9.17) is 95.8 Å². The lowest BCUT2D eigenvalue weighted by Crippen LogP contribution is -2.64. The molecule has 626 valence electrons. The van der Waals surface area contributed by atoms with Crippen molar-refractivity contribution in [3.8, 4) is 0 Å². The Morgan fingerprint density at radius 2 is 0.594 bits per heavy atom. The van der Waals surface area contributed by atoms with Gasteiger partial charge < -0.3 is 131 Å². The van der Waals surface area contributed by atoms with E-state index in [2.05, 4.69) is 16.0 Å². The van der Waals surface area contributed by atoms with Crippen LogP contribution in [0.25, 0.3) is 0 Å². The summed E-state index contributed by atoms with van der Waals surface area (Å²) in [6.45, 7) is -15.5. The average Bonchev–Trinajstić information content (AvgIpc) is 0.814. The predicted octanol–water partition coefficient (Wildman–Crippen LogP) is 1.54. The Balaban J connectivity index is 1.69. The molecule has 0 radical (unpaired) electrons. The van der Waals surface area contributed by atoms with Gasteiger partial charge in [0, 0.05) is 67.0 Å². The second-order valence-electron chi connectivity index (χ2n) is 23.8. The number of rotatable bonds is 63. The molecule has 0 aliphatic carbocycles. The molecule has 0 spiro atoms. The Kier molecular flexibility index (Phi) is 51.8. The van der Waals surface area contributed by atoms with Crippen LogP contribution in [-0.2, 0) is 128 Å². The van der Waals surface area contributed by atoms with Crippen molar-refractivity contribution < 1.29 is 179 Å². The van der Waals surface area contributed by atoms with Crippen molar-refractivity contribution in [2.75, 3.05) is 167 Å². The highest BCUT2D eigenvalue weighted by Gasteiger charge is 2.48. The normalized spacial score (nSPS) is 27.8. The fraction of sp³-hybridized carbons (Fsp3) is 0.947. The van der Waals surface area contributed by atoms with Gasteiger partial charge in [-0.05, 0) is 64.2 Å². The number of nitrogens with one attached hydrogen (secondary N) is 3. The Morgan fingerprint density at radius 3 is 0.830 bits per heavy atom. The Labute approximate surface area is 633 Å². The average molecular weight is 1700 g/mol. The predicted molar refractivity (Wildman–Crippen MR) is 379 cm³/mol. The fourth-order valence-electron chi connectivity index (χ4n) is 9.97. The number of carbonyl (C=O) groups is 3. The van der Waals surface area contributed by atoms with Crippen LogP contribution in [0.4, 0.5) is 0 Å². The van der Waals surface area contributed by atoms with E-state index in [9.17, 15) is 83.5 Å². The summed E-state index contributed by atoms with van der Waals surface area (Å²) < 4.78 is 171. The van der Waals surface area contributed by atoms with Gasteiger partial charge in [0.25, 0.3) is 0 Å². The molecule has 3 aliphatic heterocycles. The maximum absolute atomic E-state index is 13.7. The lowest BCUT2D eigenvalue weighted by molar-refractivity contribution is -0.270. The second kappa shape index (κ2) is 55.1. The van der Waals surface area contributed by atoms with Gasteiger partial charge in [0.05, 0.1) is 126 Å². The Hall–Kier alpha value is -0.510. The number of aliphatic hydroxyl groups excluding tert-OH is 9. The number of aliphatic hydroxyl groups is 9. The van der Waals surface area contributed by atoms with E-state index in [1.807, 2.05) is 0 Å². The van der Waals surface area contributed by atoms with E-state index in [0.29, 0.717) is 54.3 Å². The first-order valence-corrected chi connectivity index (χ1v) is 45.5. The molecule has 0 saturated carbocycles. The van der Waals surface area contributed by atoms with E-state index in [1.165, 1.54) is 49.2 Å². The molecule has 0 bridgehead atoms. The molecule has 19 unspecified atom stereocenters. The highest BCUT2D eigenvalue weighted by Crippen LogP contribution is 2.63. The largest absolute Gasteiger partial charge is 0.415 e. The van der Waals surface area contributed by atoms with Gasteiger partial charge in [-0.15, -0.1) is 0 Å². The molecule has 19 atom stereocenters. The summed E-state index contributed by atoms with van der Waals surface area (Å²) in [6.07, 6.45) is -13.8. The number of hydrogen-bond donors (Lipinski definition) is 13. The van der Waals surface area contributed by atoms with E-state index >= 15 is 0 Å². The van der Waals surface area contributed by atoms with Gasteiger partial charge in [-0.1, -0.05) is 0 Å². The smallest absolute Gasteiger partial charge is 0.394 e. The molecule has 106 heavy (non-hydrogen) atoms. The summed E-state index contributed by atoms with van der Waals surface area (Å²) in [5.74, 6) is -1.56. The summed E-state index contributed by atoms with van der Waals surface area (Å²) in [7, 11) is 5.04. The molecule has 0 aromatic carbocycles. The van der Waals surface area contributed by atoms with Crippen molar-refractivity contribution in [1.29, 1.82) is 0 Å². The molecular weight excluding hydrogens is 1590 g/mol. The van der Waals surface area contributed by atoms with Crippen LogP contribution >= 0.6 is 73.8 Å². The summed E-state index contributed by atoms with van der Waals surface area (Å²) in [5, 5.41) is 99.1. The first kappa shape index (κ1) is 99.7. The summed E-state index contributed by atoms with van der Waals surface area (Å²) in [4.78, 5) is 45.5. The zero-order valence-corrected chi connectivity index (χ0v) is 67.2. The van der Waals surface area contributed by atoms with Gasteiger partial charge in [0.2, 0.25) is 17.7 Å². The maximum atomic E-state index is 13.7. The number of unbranched alkanes of at least 4 members (excludes halogenated alkanes) is 3. The number of ether oxygens (including phenoxy) is 10. The van der Waals surface area contributed by atoms with Crippen LogP contribution in [0, 0.1) is 5.41 Å². The van der Waals surface area contributed by atoms with Crippen LogP contribution in [0.1, 0.15) is 85.0 Å². The third kappa shape index (κ3) is 38.8. The van der Waals surface area contributed by atoms with E-state index in [0.717, 1.165) is 0 Å². The summed E-state index contributed by atoms with van der Waals surface area (Å²) in [6, 6.07) is -3.42. The highest BCUT2D eigenvalue weighted by atomic mass is 32.8. The van der Waals surface area contributed by atoms with E-state index < -0.39 is 162 Å². The lowest BCUT2D eigenvalue weighted by Gasteiger charge is -2.42. The monoisotopic (exact) mass is 1700 g/mol. The first-order valence-electron chi connectivity index (χ1n) is 33.9. The number of carbonyl (C=O) groups excluding carboxylic acids is 3.